The molecule has 0 radical (unpaired) electrons. The van der Waals surface area contributed by atoms with Gasteiger partial charge < -0.3 is 15.0 Å². The van der Waals surface area contributed by atoms with Crippen LogP contribution in [0.15, 0.2) is 72.8 Å². The molecule has 2 heterocycles. The summed E-state index contributed by atoms with van der Waals surface area (Å²) in [6.45, 7) is 1.02. The molecule has 5 nitrogen and oxygen atoms in total. The van der Waals surface area contributed by atoms with Crippen molar-refractivity contribution >= 4 is 11.8 Å². The highest BCUT2D eigenvalue weighted by Gasteiger charge is 2.45. The van der Waals surface area contributed by atoms with Crippen LogP contribution in [-0.4, -0.2) is 30.4 Å². The van der Waals surface area contributed by atoms with Crippen LogP contribution in [0.2, 0.25) is 0 Å². The first kappa shape index (κ1) is 19.4. The van der Waals surface area contributed by atoms with Crippen molar-refractivity contribution < 1.29 is 14.3 Å². The fraction of sp³-hybridized carbons (Fsp3) is 0.231. The van der Waals surface area contributed by atoms with E-state index in [-0.39, 0.29) is 17.9 Å². The van der Waals surface area contributed by atoms with Gasteiger partial charge in [-0.05, 0) is 46.9 Å². The molecule has 0 aliphatic carbocycles. The van der Waals surface area contributed by atoms with Gasteiger partial charge in [0.05, 0.1) is 19.1 Å². The molecule has 156 valence electrons. The molecule has 0 aromatic heterocycles. The maximum atomic E-state index is 13.6. The van der Waals surface area contributed by atoms with Crippen molar-refractivity contribution in [1.29, 1.82) is 0 Å². The Kier molecular flexibility index (Phi) is 4.94. The third-order valence-electron chi connectivity index (χ3n) is 6.32. The normalized spacial score (nSPS) is 19.1. The van der Waals surface area contributed by atoms with Crippen LogP contribution in [0.1, 0.15) is 44.6 Å². The average molecular weight is 412 g/mol. The Morgan fingerprint density at radius 1 is 1.03 bits per heavy atom. The Bertz CT molecular complexity index is 1160. The molecule has 2 aliphatic heterocycles. The smallest absolute Gasteiger partial charge is 0.254 e. The molecular weight excluding hydrogens is 388 g/mol. The first-order valence-electron chi connectivity index (χ1n) is 10.6. The quantitative estimate of drug-likeness (QED) is 0.708. The molecule has 3 aromatic rings. The SMILES string of the molecule is COc1cccc(CNC(=O)[C@@H]2c3ccccc3C(=O)N3CCc4ccccc4[C@@H]23)c1. The van der Waals surface area contributed by atoms with Crippen molar-refractivity contribution in [1.82, 2.24) is 10.2 Å². The van der Waals surface area contributed by atoms with Crippen LogP contribution >= 0.6 is 0 Å². The summed E-state index contributed by atoms with van der Waals surface area (Å²) in [5.41, 5.74) is 4.67. The lowest BCUT2D eigenvalue weighted by Gasteiger charge is -2.45. The molecule has 0 unspecified atom stereocenters. The van der Waals surface area contributed by atoms with Crippen molar-refractivity contribution in [3.8, 4) is 5.75 Å². The van der Waals surface area contributed by atoms with Crippen LogP contribution in [0.5, 0.6) is 5.75 Å². The van der Waals surface area contributed by atoms with Crippen molar-refractivity contribution in [2.45, 2.75) is 24.9 Å². The topological polar surface area (TPSA) is 58.6 Å². The standard InChI is InChI=1S/C26H24N2O3/c1-31-19-9-6-7-17(15-19)16-27-25(29)23-21-11-4-5-12-22(21)26(30)28-14-13-18-8-2-3-10-20(18)24(23)28/h2-12,15,23-24H,13-14,16H2,1H3,(H,27,29)/t23-,24+/m1/s1. The average Bonchev–Trinajstić information content (AvgIpc) is 2.83. The Morgan fingerprint density at radius 2 is 1.81 bits per heavy atom. The number of ether oxygens (including phenoxy) is 1. The largest absolute Gasteiger partial charge is 0.497 e. The highest BCUT2D eigenvalue weighted by atomic mass is 16.5. The summed E-state index contributed by atoms with van der Waals surface area (Å²) in [6, 6.07) is 23.0. The zero-order chi connectivity index (χ0) is 21.4. The molecule has 31 heavy (non-hydrogen) atoms. The van der Waals surface area contributed by atoms with E-state index in [4.69, 9.17) is 4.74 Å². The number of nitrogens with zero attached hydrogens (tertiary/aromatic N) is 1. The van der Waals surface area contributed by atoms with Gasteiger partial charge in [0.25, 0.3) is 5.91 Å². The van der Waals surface area contributed by atoms with Gasteiger partial charge in [-0.1, -0.05) is 54.6 Å². The molecule has 5 heteroatoms. The van der Waals surface area contributed by atoms with E-state index in [2.05, 4.69) is 17.4 Å². The summed E-state index contributed by atoms with van der Waals surface area (Å²) >= 11 is 0. The number of amides is 2. The Labute approximate surface area is 181 Å². The first-order chi connectivity index (χ1) is 15.2. The highest BCUT2D eigenvalue weighted by molar-refractivity contribution is 6.01. The highest BCUT2D eigenvalue weighted by Crippen LogP contribution is 2.45. The van der Waals surface area contributed by atoms with E-state index in [1.807, 2.05) is 65.6 Å². The number of hydrogen-bond donors (Lipinski definition) is 1. The van der Waals surface area contributed by atoms with E-state index in [0.717, 1.165) is 28.9 Å². The molecule has 2 amide bonds. The molecule has 0 spiro atoms. The molecule has 3 aromatic carbocycles. The van der Waals surface area contributed by atoms with Crippen molar-refractivity contribution in [2.75, 3.05) is 13.7 Å². The van der Waals surface area contributed by atoms with Gasteiger partial charge in [0, 0.05) is 18.7 Å². The van der Waals surface area contributed by atoms with Gasteiger partial charge in [0.2, 0.25) is 5.91 Å². The molecule has 0 saturated heterocycles. The number of carbonyl (C=O) groups excluding carboxylic acids is 2. The number of hydrogen-bond acceptors (Lipinski definition) is 3. The molecule has 5 rings (SSSR count). The number of carbonyl (C=O) groups is 2. The van der Waals surface area contributed by atoms with Gasteiger partial charge in [-0.25, -0.2) is 0 Å². The number of benzene rings is 3. The maximum Gasteiger partial charge on any atom is 0.254 e. The van der Waals surface area contributed by atoms with Crippen LogP contribution in [0.3, 0.4) is 0 Å². The van der Waals surface area contributed by atoms with Crippen LogP contribution in [0, 0.1) is 0 Å². The van der Waals surface area contributed by atoms with E-state index >= 15 is 0 Å². The predicted molar refractivity (Wildman–Crippen MR) is 118 cm³/mol. The Morgan fingerprint density at radius 3 is 2.65 bits per heavy atom. The molecular formula is C26H24N2O3. The van der Waals surface area contributed by atoms with Crippen LogP contribution in [0.4, 0.5) is 0 Å². The lowest BCUT2D eigenvalue weighted by molar-refractivity contribution is -0.124. The molecule has 0 fully saturated rings. The zero-order valence-corrected chi connectivity index (χ0v) is 17.4. The summed E-state index contributed by atoms with van der Waals surface area (Å²) < 4.78 is 5.29. The second-order valence-electron chi connectivity index (χ2n) is 8.03. The molecule has 0 bridgehead atoms. The molecule has 1 N–H and O–H groups in total. The van der Waals surface area contributed by atoms with Gasteiger partial charge in [-0.15, -0.1) is 0 Å². The van der Waals surface area contributed by atoms with Crippen LogP contribution in [0.25, 0.3) is 0 Å². The van der Waals surface area contributed by atoms with E-state index in [1.165, 1.54) is 5.56 Å². The summed E-state index contributed by atoms with van der Waals surface area (Å²) in [6.07, 6.45) is 0.804. The summed E-state index contributed by atoms with van der Waals surface area (Å²) in [5, 5.41) is 3.11. The van der Waals surface area contributed by atoms with Crippen LogP contribution < -0.4 is 10.1 Å². The lowest BCUT2D eigenvalue weighted by atomic mass is 9.76. The fourth-order valence-electron chi connectivity index (χ4n) is 4.84. The second-order valence-corrected chi connectivity index (χ2v) is 8.03. The summed E-state index contributed by atoms with van der Waals surface area (Å²) in [4.78, 5) is 28.7. The second kappa shape index (κ2) is 7.91. The predicted octanol–water partition coefficient (Wildman–Crippen LogP) is 3.85. The first-order valence-corrected chi connectivity index (χ1v) is 10.6. The third-order valence-corrected chi connectivity index (χ3v) is 6.32. The Balaban J connectivity index is 1.52. The maximum absolute atomic E-state index is 13.6. The third kappa shape index (κ3) is 3.36. The molecule has 2 atom stereocenters. The zero-order valence-electron chi connectivity index (χ0n) is 17.4. The van der Waals surface area contributed by atoms with Gasteiger partial charge in [-0.3, -0.25) is 9.59 Å². The minimum absolute atomic E-state index is 0.00643. The van der Waals surface area contributed by atoms with E-state index in [9.17, 15) is 9.59 Å². The van der Waals surface area contributed by atoms with Gasteiger partial charge in [-0.2, -0.15) is 0 Å². The van der Waals surface area contributed by atoms with Crippen molar-refractivity contribution in [3.63, 3.8) is 0 Å². The minimum atomic E-state index is -0.457. The number of nitrogens with one attached hydrogen (secondary N) is 1. The molecule has 0 saturated carbocycles. The fourth-order valence-corrected chi connectivity index (χ4v) is 4.84. The summed E-state index contributed by atoms with van der Waals surface area (Å²) in [7, 11) is 1.63. The van der Waals surface area contributed by atoms with Crippen LogP contribution in [-0.2, 0) is 17.8 Å². The number of methoxy groups -OCH3 is 1. The number of fused-ring (bicyclic) bond motifs is 4. The Hall–Kier alpha value is -3.60. The van der Waals surface area contributed by atoms with Gasteiger partial charge in [0.15, 0.2) is 0 Å². The summed E-state index contributed by atoms with van der Waals surface area (Å²) in [5.74, 6) is 0.232. The molecule has 2 aliphatic rings. The van der Waals surface area contributed by atoms with Gasteiger partial charge >= 0.3 is 0 Å². The van der Waals surface area contributed by atoms with E-state index < -0.39 is 5.92 Å². The van der Waals surface area contributed by atoms with Crippen molar-refractivity contribution in [3.05, 3.63) is 101 Å². The number of rotatable bonds is 4. The van der Waals surface area contributed by atoms with Crippen molar-refractivity contribution in [2.24, 2.45) is 0 Å². The monoisotopic (exact) mass is 412 g/mol. The van der Waals surface area contributed by atoms with E-state index in [0.29, 0.717) is 18.7 Å². The van der Waals surface area contributed by atoms with Gasteiger partial charge in [0.1, 0.15) is 5.75 Å². The van der Waals surface area contributed by atoms with E-state index in [1.54, 1.807) is 7.11 Å². The lowest BCUT2D eigenvalue weighted by Crippen LogP contribution is -2.50. The minimum Gasteiger partial charge on any atom is -0.497 e.